The number of nitrogens with one attached hydrogen (secondary N) is 2. The van der Waals surface area contributed by atoms with Crippen LogP contribution in [0.4, 0.5) is 49.1 Å². The van der Waals surface area contributed by atoms with Crippen LogP contribution in [0.5, 0.6) is 0 Å². The van der Waals surface area contributed by atoms with Crippen LogP contribution in [0.25, 0.3) is 0 Å². The molecule has 0 radical (unpaired) electrons. The van der Waals surface area contributed by atoms with Crippen molar-refractivity contribution in [3.05, 3.63) is 190 Å². The summed E-state index contributed by atoms with van der Waals surface area (Å²) in [5, 5.41) is 15.0. The highest BCUT2D eigenvalue weighted by atomic mass is 19.4. The molecule has 0 aliphatic heterocycles. The second-order valence-corrected chi connectivity index (χ2v) is 12.6. The molecule has 6 aromatic rings. The lowest BCUT2D eigenvalue weighted by Gasteiger charge is -2.16. The Kier molecular flexibility index (Phi) is 12.8. The van der Waals surface area contributed by atoms with Gasteiger partial charge < -0.3 is 15.7 Å². The first-order valence-corrected chi connectivity index (χ1v) is 17.2. The van der Waals surface area contributed by atoms with E-state index in [0.717, 1.165) is 53.6 Å². The van der Waals surface area contributed by atoms with E-state index in [1.165, 1.54) is 42.0 Å². The molecule has 3 N–H and O–H groups in total. The van der Waals surface area contributed by atoms with Crippen molar-refractivity contribution in [2.24, 2.45) is 0 Å². The third kappa shape index (κ3) is 11.0. The lowest BCUT2D eigenvalue weighted by molar-refractivity contribution is -0.137. The zero-order valence-corrected chi connectivity index (χ0v) is 29.3. The van der Waals surface area contributed by atoms with Gasteiger partial charge in [-0.1, -0.05) is 103 Å². The highest BCUT2D eigenvalue weighted by Crippen LogP contribution is 2.38. The zero-order chi connectivity index (χ0) is 38.7. The van der Waals surface area contributed by atoms with Crippen molar-refractivity contribution >= 4 is 28.7 Å². The number of hydrogen-bond donors (Lipinski definition) is 3. The van der Waals surface area contributed by atoms with Crippen molar-refractivity contribution in [2.45, 2.75) is 45.0 Å². The van der Waals surface area contributed by atoms with Gasteiger partial charge in [-0.3, -0.25) is 0 Å². The molecule has 0 aliphatic rings. The van der Waals surface area contributed by atoms with Crippen molar-refractivity contribution in [1.29, 1.82) is 0 Å². The van der Waals surface area contributed by atoms with Crippen molar-refractivity contribution < 1.29 is 36.2 Å². The van der Waals surface area contributed by atoms with Crippen molar-refractivity contribution in [3.63, 3.8) is 0 Å². The molecule has 10 heteroatoms. The molecule has 278 valence electrons. The number of rotatable bonds is 11. The van der Waals surface area contributed by atoms with E-state index < -0.39 is 29.4 Å². The number of carboxylic acids is 1. The van der Waals surface area contributed by atoms with E-state index in [-0.39, 0.29) is 22.6 Å². The summed E-state index contributed by atoms with van der Waals surface area (Å²) < 4.78 is 79.3. The number of carboxylic acid groups (broad SMARTS) is 1. The van der Waals surface area contributed by atoms with E-state index in [2.05, 4.69) is 22.8 Å². The fourth-order valence-corrected chi connectivity index (χ4v) is 5.83. The molecule has 0 heterocycles. The molecule has 0 fully saturated rings. The fourth-order valence-electron chi connectivity index (χ4n) is 5.83. The van der Waals surface area contributed by atoms with E-state index in [4.69, 9.17) is 0 Å². The Morgan fingerprint density at radius 2 is 0.870 bits per heavy atom. The van der Waals surface area contributed by atoms with Crippen molar-refractivity contribution in [2.75, 3.05) is 10.6 Å². The van der Waals surface area contributed by atoms with E-state index in [0.29, 0.717) is 12.1 Å². The smallest absolute Gasteiger partial charge is 0.418 e. The SMILES string of the molecule is Cc1ccc(CCc2ccccc2)cc1Nc1ccccc1C(F)(F)F.O=C(O)c1ccc(CCc2ccccc2)cc1Nc1ccccc1C(F)(F)F. The summed E-state index contributed by atoms with van der Waals surface area (Å²) in [6.45, 7) is 1.89. The molecule has 0 unspecified atom stereocenters. The number of aryl methyl sites for hydroxylation is 5. The molecule has 0 spiro atoms. The van der Waals surface area contributed by atoms with Gasteiger partial charge in [0.2, 0.25) is 0 Å². The van der Waals surface area contributed by atoms with Gasteiger partial charge in [0.1, 0.15) is 0 Å². The van der Waals surface area contributed by atoms with Crippen LogP contribution in [-0.2, 0) is 38.0 Å². The lowest BCUT2D eigenvalue weighted by Crippen LogP contribution is -2.10. The molecule has 54 heavy (non-hydrogen) atoms. The average Bonchev–Trinajstić information content (AvgIpc) is 3.15. The maximum atomic E-state index is 13.2. The summed E-state index contributed by atoms with van der Waals surface area (Å²) >= 11 is 0. The number of aromatic carboxylic acids is 1. The van der Waals surface area contributed by atoms with E-state index >= 15 is 0 Å². The van der Waals surface area contributed by atoms with Crippen LogP contribution in [0.15, 0.2) is 146 Å². The number of halogens is 6. The summed E-state index contributed by atoms with van der Waals surface area (Å²) in [6, 6.07) is 41.1. The van der Waals surface area contributed by atoms with Crippen LogP contribution in [0.1, 0.15) is 49.3 Å². The molecule has 0 aromatic heterocycles. The summed E-state index contributed by atoms with van der Waals surface area (Å²) in [7, 11) is 0. The maximum absolute atomic E-state index is 13.2. The fraction of sp³-hybridized carbons (Fsp3) is 0.159. The first-order chi connectivity index (χ1) is 25.8. The van der Waals surface area contributed by atoms with Crippen molar-refractivity contribution in [1.82, 2.24) is 0 Å². The van der Waals surface area contributed by atoms with Gasteiger partial charge in [0.15, 0.2) is 0 Å². The average molecular weight is 741 g/mol. The van der Waals surface area contributed by atoms with Crippen LogP contribution in [-0.4, -0.2) is 11.1 Å². The van der Waals surface area contributed by atoms with Crippen LogP contribution in [0.2, 0.25) is 0 Å². The number of benzene rings is 6. The quantitative estimate of drug-likeness (QED) is 0.116. The Bertz CT molecular complexity index is 2150. The van der Waals surface area contributed by atoms with Gasteiger partial charge in [0.05, 0.1) is 33.8 Å². The number of hydrogen-bond acceptors (Lipinski definition) is 3. The van der Waals surface area contributed by atoms with E-state index in [1.54, 1.807) is 18.2 Å². The van der Waals surface area contributed by atoms with Gasteiger partial charge in [-0.05, 0) is 103 Å². The van der Waals surface area contributed by atoms with E-state index in [1.807, 2.05) is 73.7 Å². The molecule has 0 amide bonds. The van der Waals surface area contributed by atoms with Gasteiger partial charge in [0, 0.05) is 5.69 Å². The summed E-state index contributed by atoms with van der Waals surface area (Å²) in [4.78, 5) is 11.5. The highest BCUT2D eigenvalue weighted by molar-refractivity contribution is 5.95. The molecule has 0 saturated heterocycles. The number of anilines is 4. The molecule has 0 atom stereocenters. The summed E-state index contributed by atoms with van der Waals surface area (Å²) in [6.07, 6.45) is -5.83. The maximum Gasteiger partial charge on any atom is 0.418 e. The molecule has 0 saturated carbocycles. The number of carbonyl (C=O) groups is 1. The van der Waals surface area contributed by atoms with Gasteiger partial charge in [-0.2, -0.15) is 26.3 Å². The Morgan fingerprint density at radius 3 is 1.33 bits per heavy atom. The summed E-state index contributed by atoms with van der Waals surface area (Å²) in [5.74, 6) is -1.21. The predicted molar refractivity (Wildman–Crippen MR) is 202 cm³/mol. The van der Waals surface area contributed by atoms with Gasteiger partial charge >= 0.3 is 18.3 Å². The molecular weight excluding hydrogens is 702 g/mol. The van der Waals surface area contributed by atoms with Gasteiger partial charge in [-0.25, -0.2) is 4.79 Å². The third-order valence-corrected chi connectivity index (χ3v) is 8.71. The van der Waals surface area contributed by atoms with Gasteiger partial charge in [-0.15, -0.1) is 0 Å². The minimum absolute atomic E-state index is 0.0725. The van der Waals surface area contributed by atoms with E-state index in [9.17, 15) is 36.2 Å². The lowest BCUT2D eigenvalue weighted by atomic mass is 10.0. The Hall–Kier alpha value is -6.03. The Morgan fingerprint density at radius 1 is 0.481 bits per heavy atom. The first-order valence-electron chi connectivity index (χ1n) is 17.2. The van der Waals surface area contributed by atoms with Crippen LogP contribution in [0, 0.1) is 6.92 Å². The normalized spacial score (nSPS) is 11.3. The van der Waals surface area contributed by atoms with Crippen molar-refractivity contribution in [3.8, 4) is 0 Å². The van der Waals surface area contributed by atoms with Gasteiger partial charge in [0.25, 0.3) is 0 Å². The standard InChI is InChI=1S/C22H18F3NO2.C22H20F3N/c23-22(24,25)18-8-4-5-9-19(18)26-20-14-16(12-13-17(20)21(27)28)11-10-15-6-2-1-3-7-15;1-16-11-12-18(14-13-17-7-3-2-4-8-17)15-21(16)26-20-10-6-5-9-19(20)22(23,24)25/h1-9,12-14,26H,10-11H2,(H,27,28);2-12,15,26H,13-14H2,1H3. The molecule has 0 aliphatic carbocycles. The largest absolute Gasteiger partial charge is 0.478 e. The van der Waals surface area contributed by atoms with Crippen LogP contribution in [0.3, 0.4) is 0 Å². The molecular formula is C44H38F6N2O2. The Labute approximate surface area is 310 Å². The minimum atomic E-state index is -4.54. The second kappa shape index (κ2) is 17.7. The highest BCUT2D eigenvalue weighted by Gasteiger charge is 2.34. The first kappa shape index (κ1) is 39.2. The van der Waals surface area contributed by atoms with Crippen LogP contribution < -0.4 is 10.6 Å². The Balaban J connectivity index is 0.000000208. The van der Waals surface area contributed by atoms with Crippen LogP contribution >= 0.6 is 0 Å². The molecule has 0 bridgehead atoms. The topological polar surface area (TPSA) is 61.4 Å². The number of alkyl halides is 6. The summed E-state index contributed by atoms with van der Waals surface area (Å²) in [5.41, 5.74) is 4.34. The predicted octanol–water partition coefficient (Wildman–Crippen LogP) is 12.5. The number of para-hydroxylation sites is 2. The monoisotopic (exact) mass is 740 g/mol. The third-order valence-electron chi connectivity index (χ3n) is 8.71. The molecule has 6 aromatic carbocycles. The minimum Gasteiger partial charge on any atom is -0.478 e. The zero-order valence-electron chi connectivity index (χ0n) is 29.3. The molecule has 6 rings (SSSR count). The second-order valence-electron chi connectivity index (χ2n) is 12.6. The molecule has 4 nitrogen and oxygen atoms in total.